The summed E-state index contributed by atoms with van der Waals surface area (Å²) in [5.41, 5.74) is 2.15. The molecule has 2 heterocycles. The molecule has 1 N–H and O–H groups in total. The fraction of sp³-hybridized carbons (Fsp3) is 0.810. The molecule has 3 fully saturated rings. The van der Waals surface area contributed by atoms with Crippen LogP contribution in [-0.4, -0.2) is 57.8 Å². The van der Waals surface area contributed by atoms with Crippen LogP contribution in [0.1, 0.15) is 56.7 Å². The second-order valence-electron chi connectivity index (χ2n) is 8.78. The van der Waals surface area contributed by atoms with Crippen molar-refractivity contribution in [1.29, 1.82) is 0 Å². The fourth-order valence-electron chi connectivity index (χ4n) is 5.36. The molecule has 27 heavy (non-hydrogen) atoms. The summed E-state index contributed by atoms with van der Waals surface area (Å²) in [5, 5.41) is 7.66. The summed E-state index contributed by atoms with van der Waals surface area (Å²) in [5.74, 6) is 1.92. The van der Waals surface area contributed by atoms with Crippen molar-refractivity contribution in [3.63, 3.8) is 0 Å². The Kier molecular flexibility index (Phi) is 5.71. The van der Waals surface area contributed by atoms with Gasteiger partial charge in [0.05, 0.1) is 5.69 Å². The Labute approximate surface area is 163 Å². The molecule has 2 bridgehead atoms. The van der Waals surface area contributed by atoms with E-state index >= 15 is 0 Å². The van der Waals surface area contributed by atoms with Crippen LogP contribution in [0.25, 0.3) is 0 Å². The molecule has 3 unspecified atom stereocenters. The second kappa shape index (κ2) is 8.21. The molecule has 2 amide bonds. The number of nitrogens with zero attached hydrogens (tertiary/aromatic N) is 4. The number of hydrogen-bond acceptors (Lipinski definition) is 3. The van der Waals surface area contributed by atoms with Crippen molar-refractivity contribution in [1.82, 2.24) is 24.9 Å². The molecule has 1 aliphatic heterocycles. The van der Waals surface area contributed by atoms with Crippen molar-refractivity contribution >= 4 is 6.03 Å². The topological polar surface area (TPSA) is 53.4 Å². The standard InChI is InChI=1S/C21H35N5O/c1-3-4-7-26-15-19(16(2)23-26)14-22-21(27)25-10-8-24(9-11-25)20-13-17-5-6-18(20)12-17/h15,17-18,20H,3-14H2,1-2H3,(H,22,27). The van der Waals surface area contributed by atoms with E-state index in [9.17, 15) is 4.79 Å². The molecule has 3 atom stereocenters. The van der Waals surface area contributed by atoms with E-state index in [4.69, 9.17) is 0 Å². The first-order chi connectivity index (χ1) is 13.1. The van der Waals surface area contributed by atoms with Gasteiger partial charge in [-0.25, -0.2) is 4.79 Å². The average molecular weight is 374 g/mol. The van der Waals surface area contributed by atoms with Crippen LogP contribution in [0.4, 0.5) is 4.79 Å². The van der Waals surface area contributed by atoms with Gasteiger partial charge in [-0.15, -0.1) is 0 Å². The van der Waals surface area contributed by atoms with E-state index in [0.29, 0.717) is 6.54 Å². The minimum Gasteiger partial charge on any atom is -0.334 e. The molecular weight excluding hydrogens is 338 g/mol. The van der Waals surface area contributed by atoms with E-state index in [2.05, 4.69) is 28.4 Å². The van der Waals surface area contributed by atoms with E-state index in [1.54, 1.807) is 0 Å². The van der Waals surface area contributed by atoms with Crippen LogP contribution in [0.5, 0.6) is 0 Å². The Balaban J connectivity index is 1.22. The van der Waals surface area contributed by atoms with Crippen molar-refractivity contribution in [3.05, 3.63) is 17.5 Å². The summed E-state index contributed by atoms with van der Waals surface area (Å²) in [6, 6.07) is 0.869. The highest BCUT2D eigenvalue weighted by Crippen LogP contribution is 2.46. The maximum atomic E-state index is 12.6. The minimum atomic E-state index is 0.0725. The van der Waals surface area contributed by atoms with Crippen LogP contribution in [0.2, 0.25) is 0 Å². The zero-order valence-electron chi connectivity index (χ0n) is 17.0. The molecule has 3 aliphatic rings. The summed E-state index contributed by atoms with van der Waals surface area (Å²) in [6.45, 7) is 9.53. The van der Waals surface area contributed by atoms with Gasteiger partial charge in [-0.1, -0.05) is 19.8 Å². The number of rotatable bonds is 6. The van der Waals surface area contributed by atoms with Crippen molar-refractivity contribution in [2.45, 2.75) is 71.5 Å². The highest BCUT2D eigenvalue weighted by molar-refractivity contribution is 5.74. The predicted octanol–water partition coefficient (Wildman–Crippen LogP) is 3.01. The van der Waals surface area contributed by atoms with Gasteiger partial charge in [0.15, 0.2) is 0 Å². The third kappa shape index (κ3) is 4.15. The number of hydrogen-bond donors (Lipinski definition) is 1. The molecule has 1 saturated heterocycles. The molecule has 0 aromatic carbocycles. The maximum absolute atomic E-state index is 12.6. The normalized spacial score (nSPS) is 28.1. The van der Waals surface area contributed by atoms with Gasteiger partial charge in [-0.05, 0) is 44.4 Å². The maximum Gasteiger partial charge on any atom is 0.317 e. The van der Waals surface area contributed by atoms with Crippen LogP contribution >= 0.6 is 0 Å². The van der Waals surface area contributed by atoms with Crippen molar-refractivity contribution in [3.8, 4) is 0 Å². The molecule has 0 radical (unpaired) electrons. The molecule has 2 aliphatic carbocycles. The summed E-state index contributed by atoms with van der Waals surface area (Å²) >= 11 is 0. The Bertz CT molecular complexity index is 649. The highest BCUT2D eigenvalue weighted by Gasteiger charge is 2.42. The number of unbranched alkanes of at least 4 members (excludes halogenated alkanes) is 1. The monoisotopic (exact) mass is 373 g/mol. The number of carbonyl (C=O) groups excluding carboxylic acids is 1. The minimum absolute atomic E-state index is 0.0725. The number of fused-ring (bicyclic) bond motifs is 2. The first-order valence-electron chi connectivity index (χ1n) is 10.9. The van der Waals surface area contributed by atoms with E-state index in [1.807, 2.05) is 16.5 Å². The van der Waals surface area contributed by atoms with Crippen LogP contribution in [0.15, 0.2) is 6.20 Å². The predicted molar refractivity (Wildman–Crippen MR) is 106 cm³/mol. The highest BCUT2D eigenvalue weighted by atomic mass is 16.2. The van der Waals surface area contributed by atoms with Gasteiger partial charge in [-0.2, -0.15) is 5.10 Å². The zero-order valence-corrected chi connectivity index (χ0v) is 17.0. The quantitative estimate of drug-likeness (QED) is 0.834. The molecular formula is C21H35N5O. The summed E-state index contributed by atoms with van der Waals surface area (Å²) in [7, 11) is 0. The lowest BCUT2D eigenvalue weighted by molar-refractivity contribution is 0.0826. The molecule has 6 nitrogen and oxygen atoms in total. The lowest BCUT2D eigenvalue weighted by Gasteiger charge is -2.40. The van der Waals surface area contributed by atoms with E-state index in [1.165, 1.54) is 32.1 Å². The lowest BCUT2D eigenvalue weighted by Crippen LogP contribution is -2.55. The van der Waals surface area contributed by atoms with Crippen LogP contribution in [0.3, 0.4) is 0 Å². The number of amides is 2. The number of piperazine rings is 1. The third-order valence-electron chi connectivity index (χ3n) is 6.99. The van der Waals surface area contributed by atoms with Gasteiger partial charge in [0.2, 0.25) is 0 Å². The first-order valence-corrected chi connectivity index (χ1v) is 10.9. The number of aromatic nitrogens is 2. The molecule has 150 valence electrons. The van der Waals surface area contributed by atoms with Crippen molar-refractivity contribution in [2.75, 3.05) is 26.2 Å². The second-order valence-corrected chi connectivity index (χ2v) is 8.78. The Morgan fingerprint density at radius 2 is 2.04 bits per heavy atom. The number of aryl methyl sites for hydroxylation is 2. The van der Waals surface area contributed by atoms with Gasteiger partial charge >= 0.3 is 6.03 Å². The molecule has 1 aromatic rings. The molecule has 1 aromatic heterocycles. The van der Waals surface area contributed by atoms with Crippen molar-refractivity contribution in [2.24, 2.45) is 11.8 Å². The van der Waals surface area contributed by atoms with Gasteiger partial charge in [0.1, 0.15) is 0 Å². The Morgan fingerprint density at radius 3 is 2.70 bits per heavy atom. The lowest BCUT2D eigenvalue weighted by atomic mass is 9.93. The largest absolute Gasteiger partial charge is 0.334 e. The molecule has 0 spiro atoms. The zero-order chi connectivity index (χ0) is 18.8. The number of nitrogens with one attached hydrogen (secondary N) is 1. The first kappa shape index (κ1) is 18.8. The Morgan fingerprint density at radius 1 is 1.22 bits per heavy atom. The van der Waals surface area contributed by atoms with Crippen LogP contribution in [0, 0.1) is 18.8 Å². The number of carbonyl (C=O) groups is 1. The molecule has 6 heteroatoms. The third-order valence-corrected chi connectivity index (χ3v) is 6.99. The van der Waals surface area contributed by atoms with E-state index in [0.717, 1.165) is 68.3 Å². The van der Waals surface area contributed by atoms with E-state index in [-0.39, 0.29) is 6.03 Å². The molecule has 2 saturated carbocycles. The van der Waals surface area contributed by atoms with Gasteiger partial charge in [0, 0.05) is 57.1 Å². The van der Waals surface area contributed by atoms with Gasteiger partial charge in [-0.3, -0.25) is 9.58 Å². The summed E-state index contributed by atoms with van der Waals surface area (Å²) in [6.07, 6.45) is 10.1. The van der Waals surface area contributed by atoms with E-state index < -0.39 is 0 Å². The smallest absolute Gasteiger partial charge is 0.317 e. The van der Waals surface area contributed by atoms with Crippen molar-refractivity contribution < 1.29 is 4.79 Å². The average Bonchev–Trinajstić information content (AvgIpc) is 3.40. The van der Waals surface area contributed by atoms with Crippen LogP contribution in [-0.2, 0) is 13.1 Å². The number of urea groups is 1. The fourth-order valence-corrected chi connectivity index (χ4v) is 5.36. The Hall–Kier alpha value is -1.56. The van der Waals surface area contributed by atoms with Gasteiger partial charge < -0.3 is 10.2 Å². The van der Waals surface area contributed by atoms with Crippen LogP contribution < -0.4 is 5.32 Å². The van der Waals surface area contributed by atoms with Gasteiger partial charge in [0.25, 0.3) is 0 Å². The summed E-state index contributed by atoms with van der Waals surface area (Å²) < 4.78 is 2.01. The SMILES string of the molecule is CCCCn1cc(CNC(=O)N2CCN(C3CC4CCC3C4)CC2)c(C)n1. The summed E-state index contributed by atoms with van der Waals surface area (Å²) in [4.78, 5) is 17.2. The molecule has 4 rings (SSSR count).